The Balaban J connectivity index is 1.67. The molecule has 0 radical (unpaired) electrons. The Hall–Kier alpha value is -3.35. The van der Waals surface area contributed by atoms with Crippen LogP contribution >= 0.6 is 0 Å². The standard InChI is InChI=1S/C21H22N4O3/c1-4-11-25-16-8-6-5-7-14(16)23-20(25)24-19(27)21(3)18(26)22-15-12-13(2)9-10-17(15)28-21/h5-10,12H,4,11H2,1-3H3,(H,22,26)(H,23,24,27). The summed E-state index contributed by atoms with van der Waals surface area (Å²) < 4.78 is 7.77. The van der Waals surface area contributed by atoms with Crippen LogP contribution in [0.5, 0.6) is 5.75 Å². The second-order valence-electron chi connectivity index (χ2n) is 7.12. The van der Waals surface area contributed by atoms with Crippen molar-refractivity contribution in [2.75, 3.05) is 10.6 Å². The van der Waals surface area contributed by atoms with E-state index in [4.69, 9.17) is 4.74 Å². The number of hydrogen-bond donors (Lipinski definition) is 2. The van der Waals surface area contributed by atoms with Crippen molar-refractivity contribution in [3.05, 3.63) is 48.0 Å². The van der Waals surface area contributed by atoms with Crippen LogP contribution in [0.2, 0.25) is 0 Å². The maximum absolute atomic E-state index is 13.1. The summed E-state index contributed by atoms with van der Waals surface area (Å²) in [4.78, 5) is 30.3. The highest BCUT2D eigenvalue weighted by molar-refractivity contribution is 6.18. The minimum absolute atomic E-state index is 0.403. The van der Waals surface area contributed by atoms with E-state index in [0.717, 1.165) is 23.0 Å². The number of aryl methyl sites for hydroxylation is 2. The number of para-hydroxylation sites is 2. The molecule has 1 atom stereocenters. The quantitative estimate of drug-likeness (QED) is 0.681. The van der Waals surface area contributed by atoms with Crippen LogP contribution in [0, 0.1) is 6.92 Å². The molecule has 0 saturated carbocycles. The maximum atomic E-state index is 13.1. The van der Waals surface area contributed by atoms with Gasteiger partial charge in [0, 0.05) is 6.54 Å². The van der Waals surface area contributed by atoms with Crippen LogP contribution in [0.4, 0.5) is 11.6 Å². The molecule has 3 aromatic rings. The zero-order chi connectivity index (χ0) is 19.9. The van der Waals surface area contributed by atoms with Crippen molar-refractivity contribution < 1.29 is 14.3 Å². The Morgan fingerprint density at radius 2 is 2.07 bits per heavy atom. The van der Waals surface area contributed by atoms with Crippen LogP contribution in [0.1, 0.15) is 25.8 Å². The lowest BCUT2D eigenvalue weighted by Crippen LogP contribution is -2.56. The van der Waals surface area contributed by atoms with Gasteiger partial charge in [0.05, 0.1) is 16.7 Å². The number of rotatable bonds is 4. The van der Waals surface area contributed by atoms with E-state index in [1.165, 1.54) is 6.92 Å². The van der Waals surface area contributed by atoms with Gasteiger partial charge in [0.15, 0.2) is 0 Å². The Kier molecular flexibility index (Phi) is 4.30. The topological polar surface area (TPSA) is 85.3 Å². The monoisotopic (exact) mass is 378 g/mol. The zero-order valence-corrected chi connectivity index (χ0v) is 16.1. The third-order valence-corrected chi connectivity index (χ3v) is 4.89. The second kappa shape index (κ2) is 6.67. The third-order valence-electron chi connectivity index (χ3n) is 4.89. The van der Waals surface area contributed by atoms with Crippen molar-refractivity contribution in [2.45, 2.75) is 39.3 Å². The lowest BCUT2D eigenvalue weighted by Gasteiger charge is -2.33. The number of ether oxygens (including phenoxy) is 1. The molecule has 0 saturated heterocycles. The average Bonchev–Trinajstić information content (AvgIpc) is 3.01. The predicted molar refractivity (Wildman–Crippen MR) is 107 cm³/mol. The zero-order valence-electron chi connectivity index (χ0n) is 16.1. The number of anilines is 2. The summed E-state index contributed by atoms with van der Waals surface area (Å²) in [5, 5.41) is 5.57. The number of carbonyl (C=O) groups is 2. The summed E-state index contributed by atoms with van der Waals surface area (Å²) in [6.45, 7) is 6.14. The van der Waals surface area contributed by atoms with E-state index in [2.05, 4.69) is 22.5 Å². The molecule has 144 valence electrons. The number of aromatic nitrogens is 2. The molecule has 7 nitrogen and oxygen atoms in total. The molecule has 1 aliphatic heterocycles. The molecule has 4 rings (SSSR count). The van der Waals surface area contributed by atoms with Crippen LogP contribution in [-0.4, -0.2) is 27.0 Å². The summed E-state index contributed by atoms with van der Waals surface area (Å²) >= 11 is 0. The van der Waals surface area contributed by atoms with Crippen LogP contribution in [0.3, 0.4) is 0 Å². The second-order valence-corrected chi connectivity index (χ2v) is 7.12. The van der Waals surface area contributed by atoms with Crippen molar-refractivity contribution in [3.63, 3.8) is 0 Å². The molecule has 28 heavy (non-hydrogen) atoms. The molecule has 1 unspecified atom stereocenters. The van der Waals surface area contributed by atoms with Gasteiger partial charge in [-0.2, -0.15) is 0 Å². The highest BCUT2D eigenvalue weighted by Crippen LogP contribution is 2.35. The third kappa shape index (κ3) is 2.89. The number of hydrogen-bond acceptors (Lipinski definition) is 4. The highest BCUT2D eigenvalue weighted by atomic mass is 16.5. The van der Waals surface area contributed by atoms with Crippen LogP contribution in [-0.2, 0) is 16.1 Å². The first kappa shape index (κ1) is 18.0. The first-order valence-electron chi connectivity index (χ1n) is 9.30. The summed E-state index contributed by atoms with van der Waals surface area (Å²) in [6.07, 6.45) is 0.879. The largest absolute Gasteiger partial charge is 0.466 e. The summed E-state index contributed by atoms with van der Waals surface area (Å²) in [5.41, 5.74) is 1.57. The van der Waals surface area contributed by atoms with Gasteiger partial charge in [-0.25, -0.2) is 4.98 Å². The fourth-order valence-corrected chi connectivity index (χ4v) is 3.33. The summed E-state index contributed by atoms with van der Waals surface area (Å²) in [6, 6.07) is 13.1. The molecule has 0 fully saturated rings. The van der Waals surface area contributed by atoms with E-state index >= 15 is 0 Å². The molecule has 2 aromatic carbocycles. The number of nitrogens with zero attached hydrogens (tertiary/aromatic N) is 2. The number of fused-ring (bicyclic) bond motifs is 2. The molecule has 7 heteroatoms. The first-order chi connectivity index (χ1) is 13.4. The van der Waals surface area contributed by atoms with Crippen molar-refractivity contribution in [1.29, 1.82) is 0 Å². The number of carbonyl (C=O) groups excluding carboxylic acids is 2. The van der Waals surface area contributed by atoms with E-state index in [9.17, 15) is 9.59 Å². The van der Waals surface area contributed by atoms with E-state index in [0.29, 0.717) is 23.9 Å². The maximum Gasteiger partial charge on any atom is 0.280 e. The smallest absolute Gasteiger partial charge is 0.280 e. The van der Waals surface area contributed by atoms with Gasteiger partial charge in [-0.05, 0) is 50.1 Å². The van der Waals surface area contributed by atoms with Gasteiger partial charge in [0.25, 0.3) is 17.4 Å². The molecule has 0 aliphatic carbocycles. The number of nitrogens with one attached hydrogen (secondary N) is 2. The Morgan fingerprint density at radius 1 is 1.29 bits per heavy atom. The molecule has 0 spiro atoms. The number of imidazole rings is 1. The normalized spacial score (nSPS) is 18.3. The molecule has 2 amide bonds. The average molecular weight is 378 g/mol. The van der Waals surface area contributed by atoms with E-state index in [1.54, 1.807) is 6.07 Å². The minimum Gasteiger partial charge on any atom is -0.466 e. The minimum atomic E-state index is -1.70. The van der Waals surface area contributed by atoms with E-state index in [1.807, 2.05) is 47.9 Å². The Bertz CT molecular complexity index is 1090. The van der Waals surface area contributed by atoms with Gasteiger partial charge in [-0.1, -0.05) is 25.1 Å². The molecule has 1 aromatic heterocycles. The fourth-order valence-electron chi connectivity index (χ4n) is 3.33. The molecule has 1 aliphatic rings. The Morgan fingerprint density at radius 3 is 2.86 bits per heavy atom. The predicted octanol–water partition coefficient (Wildman–Crippen LogP) is 3.48. The van der Waals surface area contributed by atoms with Gasteiger partial charge in [-0.3, -0.25) is 14.9 Å². The van der Waals surface area contributed by atoms with E-state index < -0.39 is 17.4 Å². The van der Waals surface area contributed by atoms with Gasteiger partial charge in [0.1, 0.15) is 5.75 Å². The summed E-state index contributed by atoms with van der Waals surface area (Å²) in [5.74, 6) is -0.213. The Labute approximate surface area is 162 Å². The van der Waals surface area contributed by atoms with Crippen molar-refractivity contribution in [1.82, 2.24) is 9.55 Å². The number of amides is 2. The van der Waals surface area contributed by atoms with Gasteiger partial charge in [0.2, 0.25) is 5.95 Å². The van der Waals surface area contributed by atoms with Crippen molar-refractivity contribution in [3.8, 4) is 5.75 Å². The van der Waals surface area contributed by atoms with Gasteiger partial charge < -0.3 is 14.6 Å². The molecule has 2 N–H and O–H groups in total. The van der Waals surface area contributed by atoms with Crippen LogP contribution in [0.25, 0.3) is 11.0 Å². The first-order valence-corrected chi connectivity index (χ1v) is 9.30. The molecule has 2 heterocycles. The summed E-state index contributed by atoms with van der Waals surface area (Å²) in [7, 11) is 0. The van der Waals surface area contributed by atoms with Crippen LogP contribution in [0.15, 0.2) is 42.5 Å². The number of benzene rings is 2. The van der Waals surface area contributed by atoms with Crippen molar-refractivity contribution in [2.24, 2.45) is 0 Å². The molecular weight excluding hydrogens is 356 g/mol. The SMILES string of the molecule is CCCn1c(NC(=O)C2(C)Oc3ccc(C)cc3NC2=O)nc2ccccc21. The lowest BCUT2D eigenvalue weighted by molar-refractivity contribution is -0.143. The lowest BCUT2D eigenvalue weighted by atomic mass is 10.0. The van der Waals surface area contributed by atoms with E-state index in [-0.39, 0.29) is 0 Å². The van der Waals surface area contributed by atoms with Crippen molar-refractivity contribution >= 4 is 34.5 Å². The fraction of sp³-hybridized carbons (Fsp3) is 0.286. The van der Waals surface area contributed by atoms with Gasteiger partial charge in [-0.15, -0.1) is 0 Å². The van der Waals surface area contributed by atoms with Crippen LogP contribution < -0.4 is 15.4 Å². The molecular formula is C21H22N4O3. The highest BCUT2D eigenvalue weighted by Gasteiger charge is 2.47. The molecule has 0 bridgehead atoms. The van der Waals surface area contributed by atoms with Gasteiger partial charge >= 0.3 is 0 Å².